The van der Waals surface area contributed by atoms with Gasteiger partial charge in [-0.05, 0) is 25.0 Å². The molecule has 112 valence electrons. The van der Waals surface area contributed by atoms with Gasteiger partial charge in [0.1, 0.15) is 0 Å². The molecule has 0 bridgehead atoms. The second-order valence-corrected chi connectivity index (χ2v) is 5.51. The van der Waals surface area contributed by atoms with E-state index in [-0.39, 0.29) is 0 Å². The minimum absolute atomic E-state index is 0.501. The van der Waals surface area contributed by atoms with Gasteiger partial charge in [0.25, 0.3) is 0 Å². The number of aromatic amines is 1. The van der Waals surface area contributed by atoms with Gasteiger partial charge in [-0.2, -0.15) is 0 Å². The van der Waals surface area contributed by atoms with Crippen molar-refractivity contribution in [1.29, 1.82) is 0 Å². The van der Waals surface area contributed by atoms with E-state index in [0.717, 1.165) is 35.9 Å². The maximum atomic E-state index is 5.81. The molecule has 0 aliphatic carbocycles. The second-order valence-electron chi connectivity index (χ2n) is 4.39. The fourth-order valence-corrected chi connectivity index (χ4v) is 2.44. The molecule has 0 spiro atoms. The Morgan fingerprint density at radius 3 is 3.14 bits per heavy atom. The van der Waals surface area contributed by atoms with Gasteiger partial charge in [-0.25, -0.2) is 9.97 Å². The Morgan fingerprint density at radius 2 is 2.38 bits per heavy atom. The smallest absolute Gasteiger partial charge is 0.188 e. The summed E-state index contributed by atoms with van der Waals surface area (Å²) < 4.78 is 0. The predicted octanol–water partition coefficient (Wildman–Crippen LogP) is 1.43. The number of thioether (sulfide) groups is 1. The molecular formula is C14H20N6S. The van der Waals surface area contributed by atoms with Crippen molar-refractivity contribution in [2.45, 2.75) is 17.9 Å². The molecule has 0 saturated carbocycles. The third-order valence-corrected chi connectivity index (χ3v) is 3.68. The Bertz CT molecular complexity index is 526. The molecule has 0 amide bonds. The standard InChI is InChI=1S/C14H20N6S/c15-14(18-7-3-4-12-10-16-11-20-12)19-8-9-21-13-5-1-2-6-17-13/h1-2,5-6,10-11H,3-4,7-9H2,(H,16,20)(H3,15,18,19). The van der Waals surface area contributed by atoms with Gasteiger partial charge < -0.3 is 16.0 Å². The monoisotopic (exact) mass is 304 g/mol. The summed E-state index contributed by atoms with van der Waals surface area (Å²) in [7, 11) is 0. The zero-order valence-corrected chi connectivity index (χ0v) is 12.6. The summed E-state index contributed by atoms with van der Waals surface area (Å²) in [5.74, 6) is 1.41. The molecule has 0 unspecified atom stereocenters. The molecule has 0 radical (unpaired) electrons. The first-order chi connectivity index (χ1) is 10.3. The van der Waals surface area contributed by atoms with Gasteiger partial charge in [0.15, 0.2) is 5.96 Å². The number of pyridine rings is 1. The third kappa shape index (κ3) is 6.31. The average molecular weight is 304 g/mol. The highest BCUT2D eigenvalue weighted by molar-refractivity contribution is 7.99. The molecule has 2 heterocycles. The summed E-state index contributed by atoms with van der Waals surface area (Å²) >= 11 is 1.69. The van der Waals surface area contributed by atoms with E-state index in [1.165, 1.54) is 0 Å². The van der Waals surface area contributed by atoms with Crippen molar-refractivity contribution in [1.82, 2.24) is 20.3 Å². The quantitative estimate of drug-likeness (QED) is 0.297. The van der Waals surface area contributed by atoms with Gasteiger partial charge in [0.05, 0.1) is 11.4 Å². The van der Waals surface area contributed by atoms with Crippen LogP contribution in [-0.2, 0) is 6.42 Å². The zero-order chi connectivity index (χ0) is 14.8. The Balaban J connectivity index is 1.54. The van der Waals surface area contributed by atoms with E-state index >= 15 is 0 Å². The number of aliphatic imine (C=N–C) groups is 1. The molecule has 0 atom stereocenters. The highest BCUT2D eigenvalue weighted by Crippen LogP contribution is 2.12. The molecule has 0 aliphatic rings. The summed E-state index contributed by atoms with van der Waals surface area (Å²) in [4.78, 5) is 15.6. The molecule has 2 rings (SSSR count). The van der Waals surface area contributed by atoms with Crippen LogP contribution in [0.15, 0.2) is 46.9 Å². The summed E-state index contributed by atoms with van der Waals surface area (Å²) in [5.41, 5.74) is 6.93. The van der Waals surface area contributed by atoms with Crippen LogP contribution in [0.5, 0.6) is 0 Å². The van der Waals surface area contributed by atoms with Gasteiger partial charge in [0, 0.05) is 36.9 Å². The lowest BCUT2D eigenvalue weighted by atomic mass is 10.2. The van der Waals surface area contributed by atoms with Gasteiger partial charge in [-0.1, -0.05) is 6.07 Å². The van der Waals surface area contributed by atoms with Gasteiger partial charge in [0.2, 0.25) is 0 Å². The van der Waals surface area contributed by atoms with Crippen molar-refractivity contribution >= 4 is 17.7 Å². The van der Waals surface area contributed by atoms with Crippen molar-refractivity contribution in [3.63, 3.8) is 0 Å². The van der Waals surface area contributed by atoms with Crippen molar-refractivity contribution in [3.05, 3.63) is 42.6 Å². The maximum absolute atomic E-state index is 5.81. The number of hydrogen-bond acceptors (Lipinski definition) is 4. The van der Waals surface area contributed by atoms with Gasteiger partial charge in [-0.15, -0.1) is 11.8 Å². The zero-order valence-electron chi connectivity index (χ0n) is 11.8. The number of nitrogens with two attached hydrogens (primary N) is 1. The number of aryl methyl sites for hydroxylation is 1. The van der Waals surface area contributed by atoms with Gasteiger partial charge >= 0.3 is 0 Å². The van der Waals surface area contributed by atoms with Crippen molar-refractivity contribution < 1.29 is 0 Å². The van der Waals surface area contributed by atoms with Crippen LogP contribution in [0.3, 0.4) is 0 Å². The lowest BCUT2D eigenvalue weighted by Crippen LogP contribution is -2.33. The number of imidazole rings is 1. The van der Waals surface area contributed by atoms with Crippen molar-refractivity contribution in [3.8, 4) is 0 Å². The molecule has 2 aromatic heterocycles. The minimum Gasteiger partial charge on any atom is -0.370 e. The van der Waals surface area contributed by atoms with E-state index in [0.29, 0.717) is 12.5 Å². The number of hydrogen-bond donors (Lipinski definition) is 3. The van der Waals surface area contributed by atoms with E-state index in [2.05, 4.69) is 25.3 Å². The van der Waals surface area contributed by atoms with E-state index < -0.39 is 0 Å². The number of nitrogens with zero attached hydrogens (tertiary/aromatic N) is 3. The molecule has 4 N–H and O–H groups in total. The Labute approximate surface area is 128 Å². The van der Waals surface area contributed by atoms with Crippen molar-refractivity contribution in [2.75, 3.05) is 18.8 Å². The fraction of sp³-hybridized carbons (Fsp3) is 0.357. The highest BCUT2D eigenvalue weighted by atomic mass is 32.2. The molecule has 7 heteroatoms. The van der Waals surface area contributed by atoms with Gasteiger partial charge in [-0.3, -0.25) is 4.99 Å². The number of aromatic nitrogens is 3. The predicted molar refractivity (Wildman–Crippen MR) is 86.4 cm³/mol. The molecule has 0 fully saturated rings. The number of nitrogens with one attached hydrogen (secondary N) is 2. The third-order valence-electron chi connectivity index (χ3n) is 2.74. The molecule has 21 heavy (non-hydrogen) atoms. The Morgan fingerprint density at radius 1 is 1.43 bits per heavy atom. The van der Waals surface area contributed by atoms with Crippen LogP contribution < -0.4 is 11.1 Å². The first kappa shape index (κ1) is 15.4. The molecule has 2 aromatic rings. The Kier molecular flexibility index (Phi) is 6.60. The Hall–Kier alpha value is -2.02. The van der Waals surface area contributed by atoms with Crippen LogP contribution in [0.25, 0.3) is 0 Å². The summed E-state index contributed by atoms with van der Waals surface area (Å²) in [6.45, 7) is 1.49. The largest absolute Gasteiger partial charge is 0.370 e. The van der Waals surface area contributed by atoms with E-state index in [1.807, 2.05) is 24.4 Å². The van der Waals surface area contributed by atoms with E-state index in [4.69, 9.17) is 5.73 Å². The lowest BCUT2D eigenvalue weighted by Gasteiger charge is -2.05. The first-order valence-electron chi connectivity index (χ1n) is 6.89. The highest BCUT2D eigenvalue weighted by Gasteiger charge is 1.96. The van der Waals surface area contributed by atoms with E-state index in [1.54, 1.807) is 24.3 Å². The molecule has 0 saturated heterocycles. The molecule has 6 nitrogen and oxygen atoms in total. The normalized spacial score (nSPS) is 11.5. The first-order valence-corrected chi connectivity index (χ1v) is 7.88. The van der Waals surface area contributed by atoms with Crippen LogP contribution in [0.2, 0.25) is 0 Å². The SMILES string of the molecule is NC(=NCCCc1cnc[nH]1)NCCSc1ccccn1. The summed E-state index contributed by atoms with van der Waals surface area (Å²) in [5, 5.41) is 4.13. The molecular weight excluding hydrogens is 284 g/mol. The second kappa shape index (κ2) is 9.02. The van der Waals surface area contributed by atoms with Crippen LogP contribution in [-0.4, -0.2) is 39.8 Å². The van der Waals surface area contributed by atoms with Crippen LogP contribution in [0.1, 0.15) is 12.1 Å². The van der Waals surface area contributed by atoms with E-state index in [9.17, 15) is 0 Å². The van der Waals surface area contributed by atoms with Crippen LogP contribution in [0.4, 0.5) is 0 Å². The minimum atomic E-state index is 0.501. The van der Waals surface area contributed by atoms with Crippen LogP contribution >= 0.6 is 11.8 Å². The summed E-state index contributed by atoms with van der Waals surface area (Å²) in [6, 6.07) is 5.89. The van der Waals surface area contributed by atoms with Crippen molar-refractivity contribution in [2.24, 2.45) is 10.7 Å². The number of guanidine groups is 1. The molecule has 0 aliphatic heterocycles. The average Bonchev–Trinajstić information content (AvgIpc) is 3.02. The fourth-order valence-electron chi connectivity index (χ4n) is 1.71. The topological polar surface area (TPSA) is 92.0 Å². The maximum Gasteiger partial charge on any atom is 0.188 e. The lowest BCUT2D eigenvalue weighted by molar-refractivity contribution is 0.806. The molecule has 0 aromatic carbocycles. The number of H-pyrrole nitrogens is 1. The summed E-state index contributed by atoms with van der Waals surface area (Å²) in [6.07, 6.45) is 7.21. The number of rotatable bonds is 8. The van der Waals surface area contributed by atoms with Crippen LogP contribution in [0, 0.1) is 0 Å².